The van der Waals surface area contributed by atoms with E-state index >= 15 is 0 Å². The molecule has 0 aliphatic carbocycles. The molecular formula is C19H19BrN2O4. The Bertz CT molecular complexity index is 821. The van der Waals surface area contributed by atoms with Crippen LogP contribution in [0.2, 0.25) is 0 Å². The number of nitrogens with one attached hydrogen (secondary N) is 1. The Morgan fingerprint density at radius 1 is 1.15 bits per heavy atom. The number of amides is 1. The second kappa shape index (κ2) is 9.62. The third-order valence-corrected chi connectivity index (χ3v) is 3.96. The third-order valence-electron chi connectivity index (χ3n) is 3.34. The summed E-state index contributed by atoms with van der Waals surface area (Å²) in [4.78, 5) is 12.2. The Morgan fingerprint density at radius 2 is 1.88 bits per heavy atom. The summed E-state index contributed by atoms with van der Waals surface area (Å²) in [5.41, 5.74) is 3.69. The summed E-state index contributed by atoms with van der Waals surface area (Å²) >= 11 is 3.43. The lowest BCUT2D eigenvalue weighted by molar-refractivity contribution is 0.0954. The summed E-state index contributed by atoms with van der Waals surface area (Å²) in [7, 11) is 3.05. The smallest absolute Gasteiger partial charge is 0.271 e. The zero-order chi connectivity index (χ0) is 18.9. The van der Waals surface area contributed by atoms with Gasteiger partial charge in [0.1, 0.15) is 12.4 Å². The van der Waals surface area contributed by atoms with Crippen LogP contribution in [0.5, 0.6) is 17.2 Å². The Kier molecular flexibility index (Phi) is 7.23. The van der Waals surface area contributed by atoms with Crippen LogP contribution in [0.1, 0.15) is 15.9 Å². The third kappa shape index (κ3) is 5.10. The number of hydrazone groups is 1. The van der Waals surface area contributed by atoms with Gasteiger partial charge in [-0.3, -0.25) is 4.79 Å². The molecule has 0 spiro atoms. The second-order valence-electron chi connectivity index (χ2n) is 5.06. The van der Waals surface area contributed by atoms with E-state index in [4.69, 9.17) is 14.2 Å². The van der Waals surface area contributed by atoms with E-state index in [2.05, 4.69) is 33.0 Å². The summed E-state index contributed by atoms with van der Waals surface area (Å²) < 4.78 is 16.6. The minimum absolute atomic E-state index is 0.354. The van der Waals surface area contributed by atoms with E-state index in [9.17, 15) is 4.79 Å². The van der Waals surface area contributed by atoms with E-state index in [0.717, 1.165) is 10.0 Å². The fraction of sp³-hybridized carbons (Fsp3) is 0.158. The number of nitrogens with zero attached hydrogens (tertiary/aromatic N) is 1. The van der Waals surface area contributed by atoms with E-state index < -0.39 is 0 Å². The van der Waals surface area contributed by atoms with Crippen LogP contribution < -0.4 is 19.6 Å². The van der Waals surface area contributed by atoms with Gasteiger partial charge in [0.25, 0.3) is 5.91 Å². The van der Waals surface area contributed by atoms with Crippen LogP contribution in [0.3, 0.4) is 0 Å². The Morgan fingerprint density at radius 3 is 2.54 bits per heavy atom. The minimum Gasteiger partial charge on any atom is -0.493 e. The van der Waals surface area contributed by atoms with Gasteiger partial charge in [0, 0.05) is 5.56 Å². The summed E-state index contributed by atoms with van der Waals surface area (Å²) in [6, 6.07) is 10.4. The number of rotatable bonds is 8. The maximum absolute atomic E-state index is 12.2. The van der Waals surface area contributed by atoms with Gasteiger partial charge in [-0.15, -0.1) is 0 Å². The van der Waals surface area contributed by atoms with E-state index in [-0.39, 0.29) is 5.91 Å². The highest BCUT2D eigenvalue weighted by Gasteiger charge is 2.10. The number of carbonyl (C=O) groups is 1. The highest BCUT2D eigenvalue weighted by atomic mass is 79.9. The molecule has 0 radical (unpaired) electrons. The highest BCUT2D eigenvalue weighted by molar-refractivity contribution is 9.10. The van der Waals surface area contributed by atoms with Crippen LogP contribution in [-0.2, 0) is 0 Å². The molecule has 136 valence electrons. The lowest BCUT2D eigenvalue weighted by Gasteiger charge is -2.08. The SMILES string of the molecule is C=CCOc1ccc(/C=N/NC(=O)c2ccc(OC)c(OC)c2)cc1Br. The molecule has 0 heterocycles. The van der Waals surface area contributed by atoms with Crippen LogP contribution >= 0.6 is 15.9 Å². The number of ether oxygens (including phenoxy) is 3. The molecule has 2 aromatic rings. The van der Waals surface area contributed by atoms with Crippen LogP contribution in [0, 0.1) is 0 Å². The molecule has 7 heteroatoms. The van der Waals surface area contributed by atoms with Gasteiger partial charge in [-0.05, 0) is 57.9 Å². The molecule has 0 unspecified atom stereocenters. The maximum atomic E-state index is 12.2. The van der Waals surface area contributed by atoms with Gasteiger partial charge in [-0.2, -0.15) is 5.10 Å². The van der Waals surface area contributed by atoms with Gasteiger partial charge in [-0.25, -0.2) is 5.43 Å². The number of benzene rings is 2. The lowest BCUT2D eigenvalue weighted by atomic mass is 10.2. The van der Waals surface area contributed by atoms with Gasteiger partial charge < -0.3 is 14.2 Å². The molecular weight excluding hydrogens is 400 g/mol. The average Bonchev–Trinajstić information content (AvgIpc) is 2.66. The molecule has 0 aliphatic heterocycles. The quantitative estimate of drug-likeness (QED) is 0.402. The van der Waals surface area contributed by atoms with Gasteiger partial charge in [-0.1, -0.05) is 12.7 Å². The number of halogens is 1. The zero-order valence-corrected chi connectivity index (χ0v) is 16.1. The second-order valence-corrected chi connectivity index (χ2v) is 5.91. The Hall–Kier alpha value is -2.80. The van der Waals surface area contributed by atoms with Crippen molar-refractivity contribution in [1.82, 2.24) is 5.43 Å². The van der Waals surface area contributed by atoms with E-state index in [1.165, 1.54) is 14.2 Å². The van der Waals surface area contributed by atoms with Crippen LogP contribution in [-0.4, -0.2) is 32.9 Å². The van der Waals surface area contributed by atoms with Gasteiger partial charge in [0.15, 0.2) is 11.5 Å². The van der Waals surface area contributed by atoms with E-state index in [0.29, 0.717) is 29.4 Å². The lowest BCUT2D eigenvalue weighted by Crippen LogP contribution is -2.17. The fourth-order valence-corrected chi connectivity index (χ4v) is 2.58. The first-order valence-corrected chi connectivity index (χ1v) is 8.47. The molecule has 0 aromatic heterocycles. The van der Waals surface area contributed by atoms with E-state index in [1.807, 2.05) is 18.2 Å². The molecule has 0 saturated heterocycles. The molecule has 2 aromatic carbocycles. The number of hydrogen-bond donors (Lipinski definition) is 1. The van der Waals surface area contributed by atoms with Crippen molar-refractivity contribution < 1.29 is 19.0 Å². The van der Waals surface area contributed by atoms with Crippen molar-refractivity contribution >= 4 is 28.1 Å². The highest BCUT2D eigenvalue weighted by Crippen LogP contribution is 2.27. The van der Waals surface area contributed by atoms with Gasteiger partial charge >= 0.3 is 0 Å². The van der Waals surface area contributed by atoms with E-state index in [1.54, 1.807) is 30.5 Å². The standard InChI is InChI=1S/C19H19BrN2O4/c1-4-9-26-16-7-5-13(10-15(16)20)12-21-22-19(23)14-6-8-17(24-2)18(11-14)25-3/h4-8,10-12H,1,9H2,2-3H3,(H,22,23)/b21-12+. The van der Waals surface area contributed by atoms with Crippen molar-refractivity contribution in [3.63, 3.8) is 0 Å². The maximum Gasteiger partial charge on any atom is 0.271 e. The fourth-order valence-electron chi connectivity index (χ4n) is 2.07. The topological polar surface area (TPSA) is 69.2 Å². The summed E-state index contributed by atoms with van der Waals surface area (Å²) in [6.07, 6.45) is 3.21. The summed E-state index contributed by atoms with van der Waals surface area (Å²) in [6.45, 7) is 4.03. The largest absolute Gasteiger partial charge is 0.493 e. The first kappa shape index (κ1) is 19.5. The molecule has 0 fully saturated rings. The molecule has 0 bridgehead atoms. The normalized spacial score (nSPS) is 10.4. The monoisotopic (exact) mass is 418 g/mol. The van der Waals surface area contributed by atoms with Crippen LogP contribution in [0.4, 0.5) is 0 Å². The Labute approximate surface area is 160 Å². The summed E-state index contributed by atoms with van der Waals surface area (Å²) in [5.74, 6) is 1.38. The number of hydrogen-bond acceptors (Lipinski definition) is 5. The molecule has 26 heavy (non-hydrogen) atoms. The van der Waals surface area contributed by atoms with Crippen molar-refractivity contribution in [2.45, 2.75) is 0 Å². The summed E-state index contributed by atoms with van der Waals surface area (Å²) in [5, 5.41) is 3.97. The van der Waals surface area contributed by atoms with Gasteiger partial charge in [0.2, 0.25) is 0 Å². The molecule has 0 saturated carbocycles. The van der Waals surface area contributed by atoms with Crippen LogP contribution in [0.15, 0.2) is 58.6 Å². The first-order chi connectivity index (χ1) is 12.6. The first-order valence-electron chi connectivity index (χ1n) is 7.67. The van der Waals surface area contributed by atoms with Crippen molar-refractivity contribution in [2.24, 2.45) is 5.10 Å². The van der Waals surface area contributed by atoms with Gasteiger partial charge in [0.05, 0.1) is 24.9 Å². The average molecular weight is 419 g/mol. The molecule has 1 N–H and O–H groups in total. The zero-order valence-electron chi connectivity index (χ0n) is 14.5. The van der Waals surface area contributed by atoms with Crippen molar-refractivity contribution in [3.8, 4) is 17.2 Å². The van der Waals surface area contributed by atoms with Crippen molar-refractivity contribution in [3.05, 3.63) is 64.7 Å². The molecule has 0 atom stereocenters. The minimum atomic E-state index is -0.354. The molecule has 1 amide bonds. The number of carbonyl (C=O) groups excluding carboxylic acids is 1. The Balaban J connectivity index is 2.02. The number of methoxy groups -OCH3 is 2. The van der Waals surface area contributed by atoms with Crippen molar-refractivity contribution in [1.29, 1.82) is 0 Å². The predicted molar refractivity (Wildman–Crippen MR) is 104 cm³/mol. The molecule has 6 nitrogen and oxygen atoms in total. The molecule has 0 aliphatic rings. The predicted octanol–water partition coefficient (Wildman–Crippen LogP) is 3.80. The van der Waals surface area contributed by atoms with Crippen LogP contribution in [0.25, 0.3) is 0 Å². The molecule has 2 rings (SSSR count). The van der Waals surface area contributed by atoms with Crippen molar-refractivity contribution in [2.75, 3.05) is 20.8 Å².